The summed E-state index contributed by atoms with van der Waals surface area (Å²) in [6.07, 6.45) is 2.16. The molecule has 0 saturated carbocycles. The molecule has 0 aromatic heterocycles. The van der Waals surface area contributed by atoms with E-state index in [0.29, 0.717) is 0 Å². The standard InChI is InChI=1S/C11H25ClOSi2/c1-7-10(12)11(2)8-9-14(3,4)15(5,6)13-11/h10H,7-9H2,1-6H3. The molecule has 2 unspecified atom stereocenters. The molecule has 1 aliphatic rings. The molecule has 15 heavy (non-hydrogen) atoms. The van der Waals surface area contributed by atoms with Gasteiger partial charge in [0.15, 0.2) is 7.83 Å². The molecule has 2 atom stereocenters. The fraction of sp³-hybridized carbons (Fsp3) is 1.00. The molecule has 0 N–H and O–H groups in total. The molecule has 1 heterocycles. The number of rotatable bonds is 2. The number of alkyl halides is 1. The number of hydrogen-bond acceptors (Lipinski definition) is 1. The maximum absolute atomic E-state index is 6.50. The molecule has 4 heteroatoms. The van der Waals surface area contributed by atoms with Crippen molar-refractivity contribution in [3.05, 3.63) is 0 Å². The molecular formula is C11H25ClOSi2. The first kappa shape index (κ1) is 13.7. The molecule has 0 bridgehead atoms. The van der Waals surface area contributed by atoms with Crippen LogP contribution in [0, 0.1) is 0 Å². The van der Waals surface area contributed by atoms with Crippen LogP contribution < -0.4 is 0 Å². The van der Waals surface area contributed by atoms with Gasteiger partial charge in [0.1, 0.15) is 0 Å². The molecule has 1 rings (SSSR count). The van der Waals surface area contributed by atoms with Gasteiger partial charge in [0.25, 0.3) is 0 Å². The van der Waals surface area contributed by atoms with Crippen molar-refractivity contribution >= 4 is 27.0 Å². The Kier molecular flexibility index (Phi) is 3.82. The van der Waals surface area contributed by atoms with E-state index >= 15 is 0 Å². The first-order valence-electron chi connectivity index (χ1n) is 5.99. The van der Waals surface area contributed by atoms with Crippen LogP contribution in [0.3, 0.4) is 0 Å². The van der Waals surface area contributed by atoms with Gasteiger partial charge in [-0.1, -0.05) is 26.1 Å². The molecule has 1 aliphatic heterocycles. The van der Waals surface area contributed by atoms with E-state index in [0.717, 1.165) is 12.8 Å². The number of hydrogen-bond donors (Lipinski definition) is 0. The summed E-state index contributed by atoms with van der Waals surface area (Å²) in [7, 11) is -2.59. The third-order valence-electron chi connectivity index (χ3n) is 4.39. The second-order valence-corrected chi connectivity index (χ2v) is 21.9. The largest absolute Gasteiger partial charge is 0.413 e. The first-order valence-corrected chi connectivity index (χ1v) is 13.5. The van der Waals surface area contributed by atoms with Crippen LogP contribution in [0.1, 0.15) is 26.7 Å². The van der Waals surface area contributed by atoms with Gasteiger partial charge in [-0.2, -0.15) is 0 Å². The van der Waals surface area contributed by atoms with Gasteiger partial charge in [0.2, 0.25) is 0 Å². The lowest BCUT2D eigenvalue weighted by molar-refractivity contribution is 0.0668. The van der Waals surface area contributed by atoms with E-state index in [1.165, 1.54) is 6.04 Å². The summed E-state index contributed by atoms with van der Waals surface area (Å²) in [6.45, 7) is 14.1. The summed E-state index contributed by atoms with van der Waals surface area (Å²) >= 11 is 6.42. The predicted octanol–water partition coefficient (Wildman–Crippen LogP) is 4.17. The SMILES string of the molecule is CCC(Cl)C1(C)CC[Si](C)(C)[Si](C)(C)O1. The molecule has 0 amide bonds. The van der Waals surface area contributed by atoms with Crippen molar-refractivity contribution in [3.8, 4) is 0 Å². The average molecular weight is 265 g/mol. The maximum atomic E-state index is 6.50. The van der Waals surface area contributed by atoms with E-state index in [9.17, 15) is 0 Å². The van der Waals surface area contributed by atoms with Crippen LogP contribution in [0.5, 0.6) is 0 Å². The second-order valence-electron chi connectivity index (χ2n) is 6.18. The van der Waals surface area contributed by atoms with E-state index < -0.39 is 15.4 Å². The van der Waals surface area contributed by atoms with Crippen LogP contribution in [0.15, 0.2) is 0 Å². The highest BCUT2D eigenvalue weighted by Gasteiger charge is 2.53. The Morgan fingerprint density at radius 1 is 1.33 bits per heavy atom. The summed E-state index contributed by atoms with van der Waals surface area (Å²) in [4.78, 5) is 0. The topological polar surface area (TPSA) is 9.23 Å². The summed E-state index contributed by atoms with van der Waals surface area (Å²) in [5.41, 5.74) is -0.0610. The van der Waals surface area contributed by atoms with Crippen LogP contribution >= 0.6 is 11.6 Å². The summed E-state index contributed by atoms with van der Waals surface area (Å²) in [6, 6.07) is 1.38. The summed E-state index contributed by atoms with van der Waals surface area (Å²) in [5, 5.41) is 0.175. The van der Waals surface area contributed by atoms with Crippen LogP contribution in [-0.4, -0.2) is 26.4 Å². The zero-order valence-electron chi connectivity index (χ0n) is 11.0. The van der Waals surface area contributed by atoms with E-state index in [4.69, 9.17) is 16.0 Å². The zero-order valence-corrected chi connectivity index (χ0v) is 13.7. The zero-order chi connectivity index (χ0) is 11.9. The van der Waals surface area contributed by atoms with Crippen LogP contribution in [0.25, 0.3) is 0 Å². The molecule has 0 spiro atoms. The van der Waals surface area contributed by atoms with Gasteiger partial charge in [-0.15, -0.1) is 11.6 Å². The quantitative estimate of drug-likeness (QED) is 0.537. The van der Waals surface area contributed by atoms with E-state index in [1.807, 2.05) is 0 Å². The van der Waals surface area contributed by atoms with Crippen LogP contribution in [0.4, 0.5) is 0 Å². The highest BCUT2D eigenvalue weighted by atomic mass is 35.5. The molecule has 1 saturated heterocycles. The van der Waals surface area contributed by atoms with E-state index in [2.05, 4.69) is 40.0 Å². The highest BCUT2D eigenvalue weighted by molar-refractivity contribution is 7.38. The molecule has 1 nitrogen and oxygen atoms in total. The minimum atomic E-state index is -1.48. The molecule has 0 aliphatic carbocycles. The van der Waals surface area contributed by atoms with Crippen LogP contribution in [-0.2, 0) is 4.43 Å². The molecule has 90 valence electrons. The van der Waals surface area contributed by atoms with Gasteiger partial charge in [0, 0.05) is 0 Å². The Bertz CT molecular complexity index is 243. The molecule has 0 aromatic rings. The molecule has 0 radical (unpaired) electrons. The fourth-order valence-corrected chi connectivity index (χ4v) is 9.63. The van der Waals surface area contributed by atoms with Gasteiger partial charge in [-0.25, -0.2) is 0 Å². The van der Waals surface area contributed by atoms with Gasteiger partial charge in [0.05, 0.1) is 18.6 Å². The van der Waals surface area contributed by atoms with Crippen molar-refractivity contribution in [3.63, 3.8) is 0 Å². The first-order chi connectivity index (χ1) is 6.65. The van der Waals surface area contributed by atoms with Crippen LogP contribution in [0.2, 0.25) is 32.2 Å². The van der Waals surface area contributed by atoms with E-state index in [-0.39, 0.29) is 11.0 Å². The third-order valence-corrected chi connectivity index (χ3v) is 21.7. The Balaban J connectivity index is 2.86. The lowest BCUT2D eigenvalue weighted by atomic mass is 9.97. The highest BCUT2D eigenvalue weighted by Crippen LogP contribution is 2.42. The van der Waals surface area contributed by atoms with Gasteiger partial charge in [-0.3, -0.25) is 0 Å². The fourth-order valence-electron chi connectivity index (χ4n) is 2.29. The van der Waals surface area contributed by atoms with E-state index in [1.54, 1.807) is 0 Å². The lowest BCUT2D eigenvalue weighted by Gasteiger charge is -2.52. The van der Waals surface area contributed by atoms with Crippen molar-refractivity contribution in [2.75, 3.05) is 0 Å². The van der Waals surface area contributed by atoms with Crippen molar-refractivity contribution in [1.29, 1.82) is 0 Å². The smallest absolute Gasteiger partial charge is 0.174 e. The third kappa shape index (κ3) is 2.51. The Hall–Kier alpha value is 0.684. The summed E-state index contributed by atoms with van der Waals surface area (Å²) in [5.74, 6) is 0. The maximum Gasteiger partial charge on any atom is 0.174 e. The van der Waals surface area contributed by atoms with Gasteiger partial charge < -0.3 is 4.43 Å². The number of halogens is 1. The van der Waals surface area contributed by atoms with Gasteiger partial charge >= 0.3 is 0 Å². The minimum absolute atomic E-state index is 0.0610. The average Bonchev–Trinajstić information content (AvgIpc) is 2.11. The normalized spacial score (nSPS) is 36.2. The predicted molar refractivity (Wildman–Crippen MR) is 73.8 cm³/mol. The molecular weight excluding hydrogens is 240 g/mol. The summed E-state index contributed by atoms with van der Waals surface area (Å²) < 4.78 is 6.50. The second kappa shape index (κ2) is 4.17. The molecule has 0 aromatic carbocycles. The Morgan fingerprint density at radius 3 is 2.27 bits per heavy atom. The Labute approximate surface area is 101 Å². The van der Waals surface area contributed by atoms with Gasteiger partial charge in [-0.05, 0) is 32.9 Å². The van der Waals surface area contributed by atoms with Crippen molar-refractivity contribution in [1.82, 2.24) is 0 Å². The Morgan fingerprint density at radius 2 is 1.87 bits per heavy atom. The van der Waals surface area contributed by atoms with Crippen molar-refractivity contribution < 1.29 is 4.43 Å². The monoisotopic (exact) mass is 264 g/mol. The van der Waals surface area contributed by atoms with Crippen molar-refractivity contribution in [2.24, 2.45) is 0 Å². The molecule has 1 fully saturated rings. The van der Waals surface area contributed by atoms with Crippen molar-refractivity contribution in [2.45, 2.75) is 69.9 Å². The minimum Gasteiger partial charge on any atom is -0.413 e. The lowest BCUT2D eigenvalue weighted by Crippen LogP contribution is -2.66.